The van der Waals surface area contributed by atoms with Gasteiger partial charge in [0, 0.05) is 31.3 Å². The maximum absolute atomic E-state index is 12.1. The Morgan fingerprint density at radius 2 is 2.04 bits per heavy atom. The minimum absolute atomic E-state index is 0.289. The molecule has 148 valence electrons. The first-order valence-electron chi connectivity index (χ1n) is 8.69. The van der Waals surface area contributed by atoms with Gasteiger partial charge in [-0.2, -0.15) is 0 Å². The van der Waals surface area contributed by atoms with Gasteiger partial charge in [-0.1, -0.05) is 24.1 Å². The number of rotatable bonds is 8. The molecule has 0 unspecified atom stereocenters. The molecule has 1 aromatic carbocycles. The van der Waals surface area contributed by atoms with Crippen LogP contribution in [-0.4, -0.2) is 44.9 Å². The second-order valence-corrected chi connectivity index (χ2v) is 14.3. The van der Waals surface area contributed by atoms with Gasteiger partial charge in [0.05, 0.1) is 0 Å². The summed E-state index contributed by atoms with van der Waals surface area (Å²) in [5.41, 5.74) is 1.84. The zero-order chi connectivity index (χ0) is 20.1. The van der Waals surface area contributed by atoms with Crippen LogP contribution >= 0.6 is 27.5 Å². The normalized spacial score (nSPS) is 11.6. The lowest BCUT2D eigenvalue weighted by atomic mass is 10.2. The zero-order valence-electron chi connectivity index (χ0n) is 15.8. The second-order valence-electron chi connectivity index (χ2n) is 7.37. The van der Waals surface area contributed by atoms with Crippen molar-refractivity contribution in [3.05, 3.63) is 40.1 Å². The quantitative estimate of drug-likeness (QED) is 0.384. The van der Waals surface area contributed by atoms with Gasteiger partial charge < -0.3 is 10.1 Å². The number of hydrogen-bond donors (Lipinski definition) is 1. The van der Waals surface area contributed by atoms with E-state index in [2.05, 4.69) is 60.6 Å². The molecule has 28 heavy (non-hydrogen) atoms. The molecule has 0 radical (unpaired) electrons. The van der Waals surface area contributed by atoms with Crippen LogP contribution in [0, 0.1) is 0 Å². The predicted molar refractivity (Wildman–Crippen MR) is 115 cm³/mol. The summed E-state index contributed by atoms with van der Waals surface area (Å²) in [7, 11) is -1.13. The van der Waals surface area contributed by atoms with Crippen molar-refractivity contribution in [1.82, 2.24) is 24.4 Å². The molecule has 0 aliphatic carbocycles. The number of nitrogens with one attached hydrogen (secondary N) is 1. The van der Waals surface area contributed by atoms with Crippen molar-refractivity contribution in [1.29, 1.82) is 0 Å². The Kier molecular flexibility index (Phi) is 6.70. The average molecular weight is 481 g/mol. The molecule has 8 nitrogen and oxygen atoms in total. The average Bonchev–Trinajstić information content (AvgIpc) is 3.28. The minimum atomic E-state index is -1.13. The van der Waals surface area contributed by atoms with Gasteiger partial charge in [-0.15, -0.1) is 10.2 Å². The molecule has 2 aromatic heterocycles. The first-order chi connectivity index (χ1) is 13.3. The number of carbonyl (C=O) groups is 1. The third-order valence-electron chi connectivity index (χ3n) is 3.85. The molecule has 0 fully saturated rings. The van der Waals surface area contributed by atoms with Crippen molar-refractivity contribution in [3.8, 4) is 11.4 Å². The minimum Gasteiger partial charge on any atom is -0.359 e. The van der Waals surface area contributed by atoms with E-state index in [1.807, 2.05) is 24.3 Å². The fraction of sp³-hybridized carbons (Fsp3) is 0.353. The van der Waals surface area contributed by atoms with E-state index in [9.17, 15) is 4.79 Å². The molecule has 0 saturated heterocycles. The van der Waals surface area contributed by atoms with Crippen LogP contribution in [0.4, 0.5) is 5.69 Å². The monoisotopic (exact) mass is 480 g/mol. The Labute approximate surface area is 176 Å². The van der Waals surface area contributed by atoms with Crippen molar-refractivity contribution in [2.75, 3.05) is 11.9 Å². The predicted octanol–water partition coefficient (Wildman–Crippen LogP) is 4.12. The van der Waals surface area contributed by atoms with Gasteiger partial charge in [0.25, 0.3) is 5.91 Å². The number of aromatic nitrogens is 5. The van der Waals surface area contributed by atoms with Crippen molar-refractivity contribution in [2.45, 2.75) is 32.4 Å². The van der Waals surface area contributed by atoms with Crippen LogP contribution < -0.4 is 5.32 Å². The van der Waals surface area contributed by atoms with E-state index >= 15 is 0 Å². The van der Waals surface area contributed by atoms with E-state index in [4.69, 9.17) is 4.74 Å². The lowest BCUT2D eigenvalue weighted by Crippen LogP contribution is -2.22. The largest absolute Gasteiger partial charge is 0.359 e. The molecule has 0 bridgehead atoms. The van der Waals surface area contributed by atoms with Crippen molar-refractivity contribution in [3.63, 3.8) is 0 Å². The molecule has 1 N–H and O–H groups in total. The number of amides is 1. The van der Waals surface area contributed by atoms with Gasteiger partial charge in [0.15, 0.2) is 11.5 Å². The number of nitrogens with zero attached hydrogens (tertiary/aromatic N) is 5. The summed E-state index contributed by atoms with van der Waals surface area (Å²) in [5, 5.41) is 12.5. The summed E-state index contributed by atoms with van der Waals surface area (Å²) in [6, 6.07) is 8.48. The third kappa shape index (κ3) is 5.77. The number of ether oxygens (including phenoxy) is 1. The highest BCUT2D eigenvalue weighted by Gasteiger charge is 2.15. The fourth-order valence-electron chi connectivity index (χ4n) is 2.31. The maximum atomic E-state index is 12.1. The van der Waals surface area contributed by atoms with Crippen molar-refractivity contribution >= 4 is 47.1 Å². The number of hydrogen-bond acceptors (Lipinski definition) is 7. The number of halogens is 1. The van der Waals surface area contributed by atoms with Crippen LogP contribution in [0.15, 0.2) is 34.4 Å². The summed E-state index contributed by atoms with van der Waals surface area (Å²) in [4.78, 5) is 16.5. The Balaban J connectivity index is 1.65. The molecular formula is C17H21BrN6O2SSi. The summed E-state index contributed by atoms with van der Waals surface area (Å²) < 4.78 is 11.7. The van der Waals surface area contributed by atoms with Crippen LogP contribution in [-0.2, 0) is 11.5 Å². The molecule has 1 amide bonds. The third-order valence-corrected chi connectivity index (χ3v) is 6.39. The van der Waals surface area contributed by atoms with Gasteiger partial charge in [-0.05, 0) is 57.8 Å². The van der Waals surface area contributed by atoms with Gasteiger partial charge >= 0.3 is 0 Å². The van der Waals surface area contributed by atoms with E-state index in [0.29, 0.717) is 35.3 Å². The molecule has 0 saturated carbocycles. The molecule has 2 heterocycles. The molecule has 3 aromatic rings. The summed E-state index contributed by atoms with van der Waals surface area (Å²) in [6.45, 7) is 8.01. The molecule has 0 atom stereocenters. The molecule has 0 aliphatic rings. The first kappa shape index (κ1) is 20.8. The van der Waals surface area contributed by atoms with E-state index in [0.717, 1.165) is 23.1 Å². The smallest absolute Gasteiger partial charge is 0.277 e. The van der Waals surface area contributed by atoms with Crippen LogP contribution in [0.25, 0.3) is 11.4 Å². The Morgan fingerprint density at radius 1 is 1.29 bits per heavy atom. The lowest BCUT2D eigenvalue weighted by molar-refractivity contribution is 0.0794. The zero-order valence-corrected chi connectivity index (χ0v) is 19.2. The SMILES string of the molecule is C[Si](C)(C)CCOCn1nc(Br)nc1-c1ccc(NC(=O)c2csnn2)cc1. The number of anilines is 1. The van der Waals surface area contributed by atoms with Gasteiger partial charge in [0.2, 0.25) is 4.73 Å². The highest BCUT2D eigenvalue weighted by molar-refractivity contribution is 9.10. The Morgan fingerprint density at radius 3 is 2.68 bits per heavy atom. The van der Waals surface area contributed by atoms with Crippen molar-refractivity contribution in [2.24, 2.45) is 0 Å². The van der Waals surface area contributed by atoms with E-state index in [1.165, 1.54) is 0 Å². The Bertz CT molecular complexity index is 924. The van der Waals surface area contributed by atoms with Crippen LogP contribution in [0.2, 0.25) is 25.7 Å². The summed E-state index contributed by atoms with van der Waals surface area (Å²) >= 11 is 4.47. The molecule has 3 rings (SSSR count). The molecule has 11 heteroatoms. The van der Waals surface area contributed by atoms with E-state index in [1.54, 1.807) is 10.1 Å². The number of benzene rings is 1. The summed E-state index contributed by atoms with van der Waals surface area (Å²) in [5.74, 6) is 0.407. The first-order valence-corrected chi connectivity index (χ1v) is 14.0. The molecule has 0 aliphatic heterocycles. The van der Waals surface area contributed by atoms with Crippen LogP contribution in [0.1, 0.15) is 10.5 Å². The van der Waals surface area contributed by atoms with Gasteiger partial charge in [-0.25, -0.2) is 9.67 Å². The standard InChI is InChI=1S/C17H21BrN6O2SSi/c1-28(2,3)9-8-26-11-24-15(20-17(18)22-24)12-4-6-13(7-5-12)19-16(25)14-10-27-23-21-14/h4-7,10H,8-9,11H2,1-3H3,(H,19,25). The fourth-order valence-corrected chi connectivity index (χ4v) is 3.86. The van der Waals surface area contributed by atoms with E-state index in [-0.39, 0.29) is 5.91 Å². The van der Waals surface area contributed by atoms with Crippen LogP contribution in [0.5, 0.6) is 0 Å². The topological polar surface area (TPSA) is 94.8 Å². The Hall–Kier alpha value is -1.95. The van der Waals surface area contributed by atoms with Gasteiger partial charge in [0.1, 0.15) is 6.73 Å². The number of carbonyl (C=O) groups excluding carboxylic acids is 1. The summed E-state index contributed by atoms with van der Waals surface area (Å²) in [6.07, 6.45) is 0. The second kappa shape index (κ2) is 9.03. The molecular weight excluding hydrogens is 460 g/mol. The highest BCUT2D eigenvalue weighted by Crippen LogP contribution is 2.22. The van der Waals surface area contributed by atoms with Crippen molar-refractivity contribution < 1.29 is 9.53 Å². The maximum Gasteiger partial charge on any atom is 0.277 e. The van der Waals surface area contributed by atoms with E-state index < -0.39 is 8.07 Å². The highest BCUT2D eigenvalue weighted by atomic mass is 79.9. The molecule has 0 spiro atoms. The lowest BCUT2D eigenvalue weighted by Gasteiger charge is -2.15. The van der Waals surface area contributed by atoms with Gasteiger partial charge in [-0.3, -0.25) is 4.79 Å². The van der Waals surface area contributed by atoms with Crippen LogP contribution in [0.3, 0.4) is 0 Å².